The largest absolute Gasteiger partial charge is 0.310 e. The van der Waals surface area contributed by atoms with Gasteiger partial charge in [0.15, 0.2) is 0 Å². The molecule has 0 aromatic carbocycles. The Kier molecular flexibility index (Phi) is 4.27. The van der Waals surface area contributed by atoms with Gasteiger partial charge >= 0.3 is 0 Å². The fraction of sp³-hybridized carbons (Fsp3) is 0.818. The van der Waals surface area contributed by atoms with Crippen molar-refractivity contribution in [3.63, 3.8) is 0 Å². The fourth-order valence-corrected chi connectivity index (χ4v) is 1.81. The number of nitrogens with one attached hydrogen (secondary N) is 1. The molecule has 2 heteroatoms. The minimum atomic E-state index is 0.471. The molecule has 0 aromatic rings. The molecule has 0 aromatic heterocycles. The molecular formula is C11H20N2. The van der Waals surface area contributed by atoms with Crippen LogP contribution in [0.3, 0.4) is 0 Å². The van der Waals surface area contributed by atoms with Crippen molar-refractivity contribution < 1.29 is 0 Å². The summed E-state index contributed by atoms with van der Waals surface area (Å²) >= 11 is 0. The second-order valence-corrected chi connectivity index (χ2v) is 4.05. The lowest BCUT2D eigenvalue weighted by Gasteiger charge is -2.31. The summed E-state index contributed by atoms with van der Waals surface area (Å²) in [6.07, 6.45) is 8.61. The molecule has 1 atom stereocenters. The molecule has 0 radical (unpaired) electrons. The number of likely N-dealkylation sites (tertiary alicyclic amines) is 1. The van der Waals surface area contributed by atoms with Crippen LogP contribution in [-0.2, 0) is 0 Å². The van der Waals surface area contributed by atoms with Gasteiger partial charge in [-0.15, -0.1) is 12.3 Å². The van der Waals surface area contributed by atoms with Gasteiger partial charge in [0.1, 0.15) is 0 Å². The van der Waals surface area contributed by atoms with Crippen LogP contribution in [0.1, 0.15) is 26.2 Å². The summed E-state index contributed by atoms with van der Waals surface area (Å²) in [5.74, 6) is 2.69. The van der Waals surface area contributed by atoms with E-state index in [0.29, 0.717) is 12.1 Å². The molecule has 0 saturated carbocycles. The quantitative estimate of drug-likeness (QED) is 0.654. The van der Waals surface area contributed by atoms with Crippen LogP contribution in [0.15, 0.2) is 0 Å². The molecule has 1 aliphatic rings. The van der Waals surface area contributed by atoms with Crippen molar-refractivity contribution >= 4 is 0 Å². The highest BCUT2D eigenvalue weighted by Gasteiger charge is 2.17. The average Bonchev–Trinajstić information content (AvgIpc) is 2.09. The maximum atomic E-state index is 5.26. The van der Waals surface area contributed by atoms with Crippen molar-refractivity contribution in [1.29, 1.82) is 0 Å². The predicted octanol–water partition coefficient (Wildman–Crippen LogP) is 1.08. The zero-order valence-corrected chi connectivity index (χ0v) is 8.71. The topological polar surface area (TPSA) is 15.3 Å². The van der Waals surface area contributed by atoms with Gasteiger partial charge < -0.3 is 10.2 Å². The van der Waals surface area contributed by atoms with Crippen molar-refractivity contribution in [1.82, 2.24) is 10.2 Å². The van der Waals surface area contributed by atoms with Crippen LogP contribution >= 0.6 is 0 Å². The predicted molar refractivity (Wildman–Crippen MR) is 56.6 cm³/mol. The SMILES string of the molecule is C#CCC(C)NC1CCN(C)CC1. The Morgan fingerprint density at radius 1 is 1.54 bits per heavy atom. The van der Waals surface area contributed by atoms with Crippen molar-refractivity contribution in [2.24, 2.45) is 0 Å². The van der Waals surface area contributed by atoms with Crippen LogP contribution in [0.2, 0.25) is 0 Å². The molecule has 1 rings (SSSR count). The lowest BCUT2D eigenvalue weighted by molar-refractivity contribution is 0.227. The molecule has 1 unspecified atom stereocenters. The van der Waals surface area contributed by atoms with E-state index >= 15 is 0 Å². The Morgan fingerprint density at radius 3 is 2.69 bits per heavy atom. The molecule has 1 saturated heterocycles. The normalized spacial score (nSPS) is 22.5. The molecule has 74 valence electrons. The van der Waals surface area contributed by atoms with E-state index in [9.17, 15) is 0 Å². The van der Waals surface area contributed by atoms with E-state index in [0.717, 1.165) is 6.42 Å². The van der Waals surface area contributed by atoms with Crippen LogP contribution in [0, 0.1) is 12.3 Å². The molecular weight excluding hydrogens is 160 g/mol. The van der Waals surface area contributed by atoms with Crippen LogP contribution in [-0.4, -0.2) is 37.1 Å². The molecule has 1 N–H and O–H groups in total. The maximum Gasteiger partial charge on any atom is 0.0238 e. The summed E-state index contributed by atoms with van der Waals surface area (Å²) < 4.78 is 0. The number of piperidine rings is 1. The number of hydrogen-bond acceptors (Lipinski definition) is 2. The molecule has 2 nitrogen and oxygen atoms in total. The van der Waals surface area contributed by atoms with Gasteiger partial charge in [-0.05, 0) is 39.9 Å². The van der Waals surface area contributed by atoms with Crippen LogP contribution in [0.5, 0.6) is 0 Å². The molecule has 0 aliphatic carbocycles. The van der Waals surface area contributed by atoms with E-state index in [4.69, 9.17) is 6.42 Å². The zero-order chi connectivity index (χ0) is 9.68. The van der Waals surface area contributed by atoms with Gasteiger partial charge in [0, 0.05) is 18.5 Å². The minimum Gasteiger partial charge on any atom is -0.310 e. The first-order valence-corrected chi connectivity index (χ1v) is 5.10. The molecule has 0 amide bonds. The Morgan fingerprint density at radius 2 is 2.15 bits per heavy atom. The standard InChI is InChI=1S/C11H20N2/c1-4-5-10(2)12-11-6-8-13(3)9-7-11/h1,10-12H,5-9H2,2-3H3. The monoisotopic (exact) mass is 180 g/mol. The summed E-state index contributed by atoms with van der Waals surface area (Å²) in [6, 6.07) is 1.15. The maximum absolute atomic E-state index is 5.26. The lowest BCUT2D eigenvalue weighted by Crippen LogP contribution is -2.44. The van der Waals surface area contributed by atoms with E-state index in [1.165, 1.54) is 25.9 Å². The summed E-state index contributed by atoms with van der Waals surface area (Å²) in [6.45, 7) is 4.58. The van der Waals surface area contributed by atoms with Gasteiger partial charge in [-0.1, -0.05) is 0 Å². The van der Waals surface area contributed by atoms with Crippen molar-refractivity contribution in [2.75, 3.05) is 20.1 Å². The molecule has 13 heavy (non-hydrogen) atoms. The zero-order valence-electron chi connectivity index (χ0n) is 8.71. The number of rotatable bonds is 3. The second-order valence-electron chi connectivity index (χ2n) is 4.05. The van der Waals surface area contributed by atoms with Crippen molar-refractivity contribution in [3.8, 4) is 12.3 Å². The van der Waals surface area contributed by atoms with E-state index in [-0.39, 0.29) is 0 Å². The summed E-state index contributed by atoms with van der Waals surface area (Å²) in [4.78, 5) is 2.38. The molecule has 1 heterocycles. The first kappa shape index (κ1) is 10.6. The summed E-state index contributed by atoms with van der Waals surface area (Å²) in [5.41, 5.74) is 0. The highest BCUT2D eigenvalue weighted by atomic mass is 15.1. The summed E-state index contributed by atoms with van der Waals surface area (Å²) in [5, 5.41) is 3.57. The Balaban J connectivity index is 2.19. The minimum absolute atomic E-state index is 0.471. The Hall–Kier alpha value is -0.520. The molecule has 0 spiro atoms. The van der Waals surface area contributed by atoms with E-state index in [1.807, 2.05) is 0 Å². The van der Waals surface area contributed by atoms with E-state index in [1.54, 1.807) is 0 Å². The van der Waals surface area contributed by atoms with E-state index in [2.05, 4.69) is 30.1 Å². The highest BCUT2D eigenvalue weighted by Crippen LogP contribution is 2.09. The van der Waals surface area contributed by atoms with Crippen LogP contribution in [0.4, 0.5) is 0 Å². The van der Waals surface area contributed by atoms with Gasteiger partial charge in [0.25, 0.3) is 0 Å². The first-order valence-electron chi connectivity index (χ1n) is 5.10. The van der Waals surface area contributed by atoms with Gasteiger partial charge in [0.05, 0.1) is 0 Å². The number of hydrogen-bond donors (Lipinski definition) is 1. The van der Waals surface area contributed by atoms with Crippen LogP contribution in [0.25, 0.3) is 0 Å². The average molecular weight is 180 g/mol. The lowest BCUT2D eigenvalue weighted by atomic mass is 10.0. The third-order valence-electron chi connectivity index (χ3n) is 2.66. The van der Waals surface area contributed by atoms with Crippen LogP contribution < -0.4 is 5.32 Å². The van der Waals surface area contributed by atoms with Gasteiger partial charge in [0.2, 0.25) is 0 Å². The van der Waals surface area contributed by atoms with Crippen molar-refractivity contribution in [3.05, 3.63) is 0 Å². The molecule has 0 bridgehead atoms. The first-order chi connectivity index (χ1) is 6.22. The van der Waals surface area contributed by atoms with E-state index < -0.39 is 0 Å². The van der Waals surface area contributed by atoms with Gasteiger partial charge in [-0.3, -0.25) is 0 Å². The Labute approximate surface area is 81.7 Å². The third-order valence-corrected chi connectivity index (χ3v) is 2.66. The van der Waals surface area contributed by atoms with Gasteiger partial charge in [-0.2, -0.15) is 0 Å². The Bertz CT molecular complexity index is 175. The van der Waals surface area contributed by atoms with Gasteiger partial charge in [-0.25, -0.2) is 0 Å². The number of terminal acetylenes is 1. The van der Waals surface area contributed by atoms with Crippen molar-refractivity contribution in [2.45, 2.75) is 38.3 Å². The summed E-state index contributed by atoms with van der Waals surface area (Å²) in [7, 11) is 2.18. The fourth-order valence-electron chi connectivity index (χ4n) is 1.81. The highest BCUT2D eigenvalue weighted by molar-refractivity contribution is 4.89. The molecule has 1 aliphatic heterocycles. The number of nitrogens with zero attached hydrogens (tertiary/aromatic N) is 1. The smallest absolute Gasteiger partial charge is 0.0238 e. The molecule has 1 fully saturated rings. The third kappa shape index (κ3) is 3.80. The second kappa shape index (κ2) is 5.26.